The maximum atomic E-state index is 13.9. The van der Waals surface area contributed by atoms with Crippen molar-refractivity contribution >= 4 is 29.0 Å². The number of amides is 1. The van der Waals surface area contributed by atoms with E-state index < -0.39 is 17.5 Å². The SMILES string of the molecule is COc1ccncc1NC(=O)c1cc(C(=O)c2c(F)cccc2Cl)c[nH]1. The van der Waals surface area contributed by atoms with Gasteiger partial charge in [0.15, 0.2) is 5.78 Å². The molecule has 1 amide bonds. The molecule has 0 aliphatic carbocycles. The topological polar surface area (TPSA) is 84.1 Å². The van der Waals surface area contributed by atoms with E-state index in [9.17, 15) is 14.0 Å². The molecule has 2 N–H and O–H groups in total. The predicted molar refractivity (Wildman–Crippen MR) is 94.4 cm³/mol. The van der Waals surface area contributed by atoms with Gasteiger partial charge in [-0.3, -0.25) is 14.6 Å². The number of aromatic amines is 1. The lowest BCUT2D eigenvalue weighted by atomic mass is 10.1. The molecule has 3 aromatic rings. The van der Waals surface area contributed by atoms with Gasteiger partial charge in [-0.25, -0.2) is 4.39 Å². The van der Waals surface area contributed by atoms with Gasteiger partial charge < -0.3 is 15.0 Å². The number of anilines is 1. The van der Waals surface area contributed by atoms with E-state index in [1.54, 1.807) is 6.07 Å². The number of ether oxygens (including phenoxy) is 1. The normalized spacial score (nSPS) is 10.4. The van der Waals surface area contributed by atoms with Crippen molar-refractivity contribution in [3.8, 4) is 5.75 Å². The second-order valence-corrected chi connectivity index (χ2v) is 5.67. The van der Waals surface area contributed by atoms with Crippen LogP contribution in [0.1, 0.15) is 26.4 Å². The van der Waals surface area contributed by atoms with Crippen molar-refractivity contribution in [1.29, 1.82) is 0 Å². The highest BCUT2D eigenvalue weighted by Gasteiger charge is 2.20. The van der Waals surface area contributed by atoms with Crippen molar-refractivity contribution < 1.29 is 18.7 Å². The Balaban J connectivity index is 1.83. The van der Waals surface area contributed by atoms with Gasteiger partial charge in [-0.1, -0.05) is 17.7 Å². The molecule has 26 heavy (non-hydrogen) atoms. The number of H-pyrrole nitrogens is 1. The molecule has 3 rings (SSSR count). The third kappa shape index (κ3) is 3.43. The minimum atomic E-state index is -0.727. The van der Waals surface area contributed by atoms with Crippen molar-refractivity contribution in [2.24, 2.45) is 0 Å². The average Bonchev–Trinajstić information content (AvgIpc) is 3.12. The number of hydrogen-bond acceptors (Lipinski definition) is 4. The summed E-state index contributed by atoms with van der Waals surface area (Å²) in [6, 6.07) is 6.90. The first kappa shape index (κ1) is 17.6. The van der Waals surface area contributed by atoms with Gasteiger partial charge in [0.05, 0.1) is 23.9 Å². The van der Waals surface area contributed by atoms with Crippen LogP contribution in [0.25, 0.3) is 0 Å². The van der Waals surface area contributed by atoms with Gasteiger partial charge in [0, 0.05) is 24.0 Å². The first-order chi connectivity index (χ1) is 12.5. The molecule has 0 atom stereocenters. The molecule has 132 valence electrons. The van der Waals surface area contributed by atoms with Crippen molar-refractivity contribution in [2.75, 3.05) is 12.4 Å². The first-order valence-corrected chi connectivity index (χ1v) is 7.85. The van der Waals surface area contributed by atoms with Gasteiger partial charge >= 0.3 is 0 Å². The van der Waals surface area contributed by atoms with Crippen LogP contribution in [0.2, 0.25) is 5.02 Å². The summed E-state index contributed by atoms with van der Waals surface area (Å²) in [7, 11) is 1.47. The van der Waals surface area contributed by atoms with Crippen LogP contribution in [0.5, 0.6) is 5.75 Å². The molecular weight excluding hydrogens is 361 g/mol. The highest BCUT2D eigenvalue weighted by molar-refractivity contribution is 6.35. The van der Waals surface area contributed by atoms with Gasteiger partial charge in [0.1, 0.15) is 22.9 Å². The highest BCUT2D eigenvalue weighted by atomic mass is 35.5. The van der Waals surface area contributed by atoms with Crippen molar-refractivity contribution in [2.45, 2.75) is 0 Å². The second-order valence-electron chi connectivity index (χ2n) is 5.26. The predicted octanol–water partition coefficient (Wildman–Crippen LogP) is 3.69. The molecule has 0 radical (unpaired) electrons. The summed E-state index contributed by atoms with van der Waals surface area (Å²) in [6.45, 7) is 0. The molecule has 1 aromatic carbocycles. The van der Waals surface area contributed by atoms with E-state index in [1.165, 1.54) is 43.9 Å². The van der Waals surface area contributed by atoms with E-state index in [-0.39, 0.29) is 21.8 Å². The zero-order chi connectivity index (χ0) is 18.7. The van der Waals surface area contributed by atoms with E-state index in [0.29, 0.717) is 11.4 Å². The summed E-state index contributed by atoms with van der Waals surface area (Å²) < 4.78 is 19.0. The number of pyridine rings is 1. The van der Waals surface area contributed by atoms with Gasteiger partial charge in [-0.15, -0.1) is 0 Å². The van der Waals surface area contributed by atoms with Gasteiger partial charge in [-0.2, -0.15) is 0 Å². The minimum absolute atomic E-state index is 0.00213. The number of nitrogens with zero attached hydrogens (tertiary/aromatic N) is 1. The molecule has 0 aliphatic heterocycles. The van der Waals surface area contributed by atoms with Crippen LogP contribution in [0.4, 0.5) is 10.1 Å². The third-order valence-electron chi connectivity index (χ3n) is 3.63. The summed E-state index contributed by atoms with van der Waals surface area (Å²) in [4.78, 5) is 31.4. The summed E-state index contributed by atoms with van der Waals surface area (Å²) in [6.07, 6.45) is 4.28. The zero-order valence-electron chi connectivity index (χ0n) is 13.5. The summed E-state index contributed by atoms with van der Waals surface area (Å²) >= 11 is 5.91. The largest absolute Gasteiger partial charge is 0.494 e. The van der Waals surface area contributed by atoms with E-state index in [0.717, 1.165) is 6.07 Å². The Morgan fingerprint density at radius 3 is 2.85 bits per heavy atom. The third-order valence-corrected chi connectivity index (χ3v) is 3.94. The van der Waals surface area contributed by atoms with Gasteiger partial charge in [0.25, 0.3) is 5.91 Å². The fourth-order valence-corrected chi connectivity index (χ4v) is 2.61. The van der Waals surface area contributed by atoms with E-state index >= 15 is 0 Å². The van der Waals surface area contributed by atoms with Crippen LogP contribution >= 0.6 is 11.6 Å². The smallest absolute Gasteiger partial charge is 0.272 e. The number of ketones is 1. The fourth-order valence-electron chi connectivity index (χ4n) is 2.36. The molecule has 0 unspecified atom stereocenters. The standard InChI is InChI=1S/C18H13ClFN3O3/c1-26-15-5-6-21-9-14(15)23-18(25)13-7-10(8-22-13)17(24)16-11(19)3-2-4-12(16)20/h2-9,22H,1H3,(H,23,25). The number of hydrogen-bond donors (Lipinski definition) is 2. The number of halogens is 2. The number of methoxy groups -OCH3 is 1. The van der Waals surface area contributed by atoms with E-state index in [4.69, 9.17) is 16.3 Å². The van der Waals surface area contributed by atoms with Crippen LogP contribution in [0, 0.1) is 5.82 Å². The Kier molecular flexibility index (Phi) is 4.99. The molecule has 0 aliphatic rings. The Hall–Kier alpha value is -3.19. The lowest BCUT2D eigenvalue weighted by Gasteiger charge is -2.08. The van der Waals surface area contributed by atoms with E-state index in [2.05, 4.69) is 15.3 Å². The maximum Gasteiger partial charge on any atom is 0.272 e. The molecule has 0 saturated heterocycles. The Labute approximate surface area is 153 Å². The summed E-state index contributed by atoms with van der Waals surface area (Å²) in [5.74, 6) is -1.42. The van der Waals surface area contributed by atoms with Crippen molar-refractivity contribution in [1.82, 2.24) is 9.97 Å². The van der Waals surface area contributed by atoms with E-state index in [1.807, 2.05) is 0 Å². The molecule has 0 saturated carbocycles. The number of carbonyl (C=O) groups excluding carboxylic acids is 2. The van der Waals surface area contributed by atoms with Gasteiger partial charge in [-0.05, 0) is 18.2 Å². The van der Waals surface area contributed by atoms with Crippen LogP contribution in [-0.4, -0.2) is 28.8 Å². The maximum absolute atomic E-state index is 13.9. The van der Waals surface area contributed by atoms with Crippen molar-refractivity contribution in [3.05, 3.63) is 76.6 Å². The van der Waals surface area contributed by atoms with Crippen LogP contribution in [0.3, 0.4) is 0 Å². The lowest BCUT2D eigenvalue weighted by molar-refractivity contribution is 0.102. The Morgan fingerprint density at radius 2 is 2.12 bits per heavy atom. The quantitative estimate of drug-likeness (QED) is 0.668. The highest BCUT2D eigenvalue weighted by Crippen LogP contribution is 2.24. The number of nitrogens with one attached hydrogen (secondary N) is 2. The molecule has 0 fully saturated rings. The van der Waals surface area contributed by atoms with Crippen molar-refractivity contribution in [3.63, 3.8) is 0 Å². The number of aromatic nitrogens is 2. The van der Waals surface area contributed by atoms with Crippen LogP contribution in [0.15, 0.2) is 48.9 Å². The molecule has 2 aromatic heterocycles. The number of carbonyl (C=O) groups is 2. The first-order valence-electron chi connectivity index (χ1n) is 7.47. The average molecular weight is 374 g/mol. The van der Waals surface area contributed by atoms with Crippen LogP contribution < -0.4 is 10.1 Å². The molecule has 0 spiro atoms. The van der Waals surface area contributed by atoms with Gasteiger partial charge in [0.2, 0.25) is 0 Å². The monoisotopic (exact) mass is 373 g/mol. The summed E-state index contributed by atoms with van der Waals surface area (Å²) in [5, 5.41) is 2.63. The number of rotatable bonds is 5. The molecule has 0 bridgehead atoms. The fraction of sp³-hybridized carbons (Fsp3) is 0.0556. The summed E-state index contributed by atoms with van der Waals surface area (Å²) in [5.41, 5.74) is 0.362. The second kappa shape index (κ2) is 7.37. The van der Waals surface area contributed by atoms with Crippen LogP contribution in [-0.2, 0) is 0 Å². The Morgan fingerprint density at radius 1 is 1.31 bits per heavy atom. The Bertz CT molecular complexity index is 967. The number of benzene rings is 1. The zero-order valence-corrected chi connectivity index (χ0v) is 14.3. The lowest BCUT2D eigenvalue weighted by Crippen LogP contribution is -2.13. The molecule has 6 nitrogen and oxygen atoms in total. The molecule has 2 heterocycles. The minimum Gasteiger partial charge on any atom is -0.494 e. The molecular formula is C18H13ClFN3O3. The molecule has 8 heteroatoms.